The highest BCUT2D eigenvalue weighted by Gasteiger charge is 2.26. The molecule has 1 aliphatic heterocycles. The van der Waals surface area contributed by atoms with Gasteiger partial charge in [0.05, 0.1) is 5.92 Å². The van der Waals surface area contributed by atoms with Crippen molar-refractivity contribution >= 4 is 5.91 Å². The molecule has 1 heterocycles. The summed E-state index contributed by atoms with van der Waals surface area (Å²) in [6.07, 6.45) is 2.43. The van der Waals surface area contributed by atoms with Crippen LogP contribution in [0.25, 0.3) is 0 Å². The van der Waals surface area contributed by atoms with Crippen molar-refractivity contribution in [3.63, 3.8) is 0 Å². The predicted molar refractivity (Wildman–Crippen MR) is 80.1 cm³/mol. The van der Waals surface area contributed by atoms with Gasteiger partial charge in [-0.2, -0.15) is 0 Å². The van der Waals surface area contributed by atoms with E-state index in [9.17, 15) is 4.79 Å². The van der Waals surface area contributed by atoms with E-state index in [1.165, 1.54) is 12.8 Å². The quantitative estimate of drug-likeness (QED) is 0.789. The van der Waals surface area contributed by atoms with E-state index in [0.717, 1.165) is 26.2 Å². The van der Waals surface area contributed by atoms with Crippen LogP contribution < -0.4 is 5.32 Å². The number of amides is 1. The molecule has 1 amide bonds. The number of carbonyl (C=O) groups is 1. The van der Waals surface area contributed by atoms with Gasteiger partial charge in [0.2, 0.25) is 5.91 Å². The first-order chi connectivity index (χ1) is 8.95. The Kier molecular flexibility index (Phi) is 6.80. The van der Waals surface area contributed by atoms with Crippen LogP contribution in [0.4, 0.5) is 0 Å². The van der Waals surface area contributed by atoms with Crippen molar-refractivity contribution in [3.8, 4) is 0 Å². The Bertz CT molecular complexity index is 273. The minimum absolute atomic E-state index is 0.0984. The summed E-state index contributed by atoms with van der Waals surface area (Å²) in [4.78, 5) is 16.8. The second kappa shape index (κ2) is 7.85. The molecule has 4 heteroatoms. The van der Waals surface area contributed by atoms with Crippen LogP contribution in [0.5, 0.6) is 0 Å². The maximum atomic E-state index is 12.5. The van der Waals surface area contributed by atoms with Crippen LogP contribution >= 0.6 is 0 Å². The molecule has 0 aromatic carbocycles. The van der Waals surface area contributed by atoms with Crippen molar-refractivity contribution in [1.82, 2.24) is 15.1 Å². The number of rotatable bonds is 6. The van der Waals surface area contributed by atoms with E-state index in [-0.39, 0.29) is 5.92 Å². The molecular formula is C15H31N3O. The van der Waals surface area contributed by atoms with Gasteiger partial charge in [-0.25, -0.2) is 0 Å². The van der Waals surface area contributed by atoms with E-state index in [0.29, 0.717) is 17.7 Å². The van der Waals surface area contributed by atoms with Crippen LogP contribution in [0.2, 0.25) is 0 Å². The largest absolute Gasteiger partial charge is 0.345 e. The van der Waals surface area contributed by atoms with Gasteiger partial charge in [0.1, 0.15) is 0 Å². The Morgan fingerprint density at radius 3 is 2.42 bits per heavy atom. The standard InChI is InChI=1S/C15H31N3O/c1-12(2)14(10-16-3)15(19)18(5)11-13-6-8-17(4)9-7-13/h12-14,16H,6-11H2,1-5H3. The molecular weight excluding hydrogens is 238 g/mol. The van der Waals surface area contributed by atoms with E-state index < -0.39 is 0 Å². The third-order valence-corrected chi connectivity index (χ3v) is 4.29. The third kappa shape index (κ3) is 5.11. The van der Waals surface area contributed by atoms with Crippen LogP contribution in [0.1, 0.15) is 26.7 Å². The summed E-state index contributed by atoms with van der Waals surface area (Å²) in [5.74, 6) is 1.46. The van der Waals surface area contributed by atoms with Crippen LogP contribution in [0.3, 0.4) is 0 Å². The Morgan fingerprint density at radius 1 is 1.37 bits per heavy atom. The Labute approximate surface area is 118 Å². The average Bonchev–Trinajstić information content (AvgIpc) is 2.37. The molecule has 4 nitrogen and oxygen atoms in total. The molecule has 0 bridgehead atoms. The summed E-state index contributed by atoms with van der Waals surface area (Å²) in [7, 11) is 6.05. The lowest BCUT2D eigenvalue weighted by atomic mass is 9.92. The Morgan fingerprint density at radius 2 is 1.95 bits per heavy atom. The molecule has 0 aromatic rings. The number of likely N-dealkylation sites (tertiary alicyclic amines) is 1. The summed E-state index contributed by atoms with van der Waals surface area (Å²) in [5, 5.41) is 3.14. The first-order valence-corrected chi connectivity index (χ1v) is 7.53. The monoisotopic (exact) mass is 269 g/mol. The molecule has 0 spiro atoms. The van der Waals surface area contributed by atoms with E-state index in [4.69, 9.17) is 0 Å². The minimum atomic E-state index is 0.0984. The summed E-state index contributed by atoms with van der Waals surface area (Å²) in [5.41, 5.74) is 0. The molecule has 1 saturated heterocycles. The molecule has 112 valence electrons. The predicted octanol–water partition coefficient (Wildman–Crippen LogP) is 1.28. The SMILES string of the molecule is CNCC(C(=O)N(C)CC1CCN(C)CC1)C(C)C. The number of piperidine rings is 1. The molecule has 1 atom stereocenters. The van der Waals surface area contributed by atoms with E-state index in [1.807, 2.05) is 19.0 Å². The molecule has 0 radical (unpaired) electrons. The molecule has 1 rings (SSSR count). The number of hydrogen-bond donors (Lipinski definition) is 1. The second-order valence-corrected chi connectivity index (χ2v) is 6.37. The molecule has 19 heavy (non-hydrogen) atoms. The van der Waals surface area contributed by atoms with Gasteiger partial charge in [-0.1, -0.05) is 13.8 Å². The molecule has 0 saturated carbocycles. The molecule has 0 aromatic heterocycles. The summed E-state index contributed by atoms with van der Waals surface area (Å²) in [6.45, 7) is 8.27. The van der Waals surface area contributed by atoms with Crippen LogP contribution in [0, 0.1) is 17.8 Å². The second-order valence-electron chi connectivity index (χ2n) is 6.37. The van der Waals surface area contributed by atoms with Gasteiger partial charge in [-0.3, -0.25) is 4.79 Å². The van der Waals surface area contributed by atoms with Crippen molar-refractivity contribution < 1.29 is 4.79 Å². The first-order valence-electron chi connectivity index (χ1n) is 7.53. The van der Waals surface area contributed by atoms with Gasteiger partial charge in [-0.15, -0.1) is 0 Å². The number of carbonyl (C=O) groups excluding carboxylic acids is 1. The molecule has 0 aliphatic carbocycles. The van der Waals surface area contributed by atoms with Gasteiger partial charge < -0.3 is 15.1 Å². The normalized spacial score (nSPS) is 19.7. The first kappa shape index (κ1) is 16.4. The Hall–Kier alpha value is -0.610. The van der Waals surface area contributed by atoms with Crippen molar-refractivity contribution in [2.45, 2.75) is 26.7 Å². The zero-order chi connectivity index (χ0) is 14.4. The molecule has 1 aliphatic rings. The van der Waals surface area contributed by atoms with E-state index in [1.54, 1.807) is 0 Å². The lowest BCUT2D eigenvalue weighted by Crippen LogP contribution is -2.43. The van der Waals surface area contributed by atoms with E-state index in [2.05, 4.69) is 31.1 Å². The van der Waals surface area contributed by atoms with Crippen molar-refractivity contribution in [2.75, 3.05) is 47.3 Å². The summed E-state index contributed by atoms with van der Waals surface area (Å²) in [6, 6.07) is 0. The average molecular weight is 269 g/mol. The van der Waals surface area contributed by atoms with E-state index >= 15 is 0 Å². The number of nitrogens with one attached hydrogen (secondary N) is 1. The maximum Gasteiger partial charge on any atom is 0.226 e. The maximum absolute atomic E-state index is 12.5. The van der Waals surface area contributed by atoms with Gasteiger partial charge in [-0.05, 0) is 51.9 Å². The number of nitrogens with zero attached hydrogens (tertiary/aromatic N) is 2. The molecule has 1 fully saturated rings. The third-order valence-electron chi connectivity index (χ3n) is 4.29. The summed E-state index contributed by atoms with van der Waals surface area (Å²) < 4.78 is 0. The summed E-state index contributed by atoms with van der Waals surface area (Å²) >= 11 is 0. The minimum Gasteiger partial charge on any atom is -0.345 e. The topological polar surface area (TPSA) is 35.6 Å². The lowest BCUT2D eigenvalue weighted by Gasteiger charge is -2.33. The molecule has 1 N–H and O–H groups in total. The zero-order valence-corrected chi connectivity index (χ0v) is 13.3. The van der Waals surface area contributed by atoms with Crippen molar-refractivity contribution in [3.05, 3.63) is 0 Å². The van der Waals surface area contributed by atoms with Crippen LogP contribution in [-0.2, 0) is 4.79 Å². The lowest BCUT2D eigenvalue weighted by molar-refractivity contribution is -0.136. The Balaban J connectivity index is 2.46. The molecule has 1 unspecified atom stereocenters. The van der Waals surface area contributed by atoms with Crippen LogP contribution in [-0.4, -0.2) is 63.0 Å². The van der Waals surface area contributed by atoms with Crippen LogP contribution in [0.15, 0.2) is 0 Å². The smallest absolute Gasteiger partial charge is 0.226 e. The van der Waals surface area contributed by atoms with Crippen molar-refractivity contribution in [2.24, 2.45) is 17.8 Å². The van der Waals surface area contributed by atoms with Crippen molar-refractivity contribution in [1.29, 1.82) is 0 Å². The van der Waals surface area contributed by atoms with Gasteiger partial charge in [0.15, 0.2) is 0 Å². The zero-order valence-electron chi connectivity index (χ0n) is 13.3. The fraction of sp³-hybridized carbons (Fsp3) is 0.933. The highest BCUT2D eigenvalue weighted by molar-refractivity contribution is 5.79. The number of hydrogen-bond acceptors (Lipinski definition) is 3. The van der Waals surface area contributed by atoms with Gasteiger partial charge in [0, 0.05) is 20.1 Å². The van der Waals surface area contributed by atoms with Gasteiger partial charge >= 0.3 is 0 Å². The van der Waals surface area contributed by atoms with Gasteiger partial charge in [0.25, 0.3) is 0 Å². The highest BCUT2D eigenvalue weighted by atomic mass is 16.2. The fourth-order valence-electron chi connectivity index (χ4n) is 2.83. The highest BCUT2D eigenvalue weighted by Crippen LogP contribution is 2.19. The fourth-order valence-corrected chi connectivity index (χ4v) is 2.83.